The first kappa shape index (κ1) is 11.9. The zero-order chi connectivity index (χ0) is 12.3. The summed E-state index contributed by atoms with van der Waals surface area (Å²) in [5.41, 5.74) is 0.816. The zero-order valence-electron chi connectivity index (χ0n) is 9.58. The van der Waals surface area contributed by atoms with Gasteiger partial charge in [0.1, 0.15) is 0 Å². The largest absolute Gasteiger partial charge is 0.223 e. The second-order valence-corrected chi connectivity index (χ2v) is 6.18. The molecule has 17 heavy (non-hydrogen) atoms. The van der Waals surface area contributed by atoms with Gasteiger partial charge in [-0.3, -0.25) is 0 Å². The smallest absolute Gasteiger partial charge is 0.185 e. The van der Waals surface area contributed by atoms with Gasteiger partial charge in [0, 0.05) is 0 Å². The molecular weight excluding hydrogens is 232 g/mol. The molecular formula is C14H14O2S. The van der Waals surface area contributed by atoms with Crippen LogP contribution in [0.2, 0.25) is 0 Å². The molecule has 0 spiro atoms. The van der Waals surface area contributed by atoms with Crippen LogP contribution in [0.5, 0.6) is 0 Å². The fourth-order valence-corrected chi connectivity index (χ4v) is 3.18. The Hall–Kier alpha value is -1.61. The van der Waals surface area contributed by atoms with Crippen LogP contribution in [0, 0.1) is 0 Å². The lowest BCUT2D eigenvalue weighted by atomic mass is 10.2. The van der Waals surface area contributed by atoms with E-state index in [4.69, 9.17) is 0 Å². The molecule has 0 N–H and O–H groups in total. The molecule has 2 aromatic rings. The highest BCUT2D eigenvalue weighted by atomic mass is 32.2. The van der Waals surface area contributed by atoms with Gasteiger partial charge < -0.3 is 0 Å². The Kier molecular flexibility index (Phi) is 3.29. The van der Waals surface area contributed by atoms with Crippen molar-refractivity contribution in [2.24, 2.45) is 0 Å². The maximum absolute atomic E-state index is 12.3. The van der Waals surface area contributed by atoms with Crippen LogP contribution >= 0.6 is 0 Å². The molecule has 88 valence electrons. The Balaban J connectivity index is 2.41. The highest BCUT2D eigenvalue weighted by molar-refractivity contribution is 7.91. The Labute approximate surface area is 102 Å². The quantitative estimate of drug-likeness (QED) is 0.833. The number of benzene rings is 2. The molecule has 0 saturated carbocycles. The van der Waals surface area contributed by atoms with E-state index in [2.05, 4.69) is 0 Å². The molecule has 2 rings (SSSR count). The summed E-state index contributed by atoms with van der Waals surface area (Å²) >= 11 is 0. The molecule has 0 heterocycles. The van der Waals surface area contributed by atoms with Crippen LogP contribution in [0.4, 0.5) is 0 Å². The van der Waals surface area contributed by atoms with Crippen LogP contribution in [0.25, 0.3) is 0 Å². The molecule has 3 heteroatoms. The van der Waals surface area contributed by atoms with E-state index < -0.39 is 15.1 Å². The maximum Gasteiger partial charge on any atom is 0.185 e. The summed E-state index contributed by atoms with van der Waals surface area (Å²) in [5.74, 6) is 0. The minimum Gasteiger partial charge on any atom is -0.223 e. The third-order valence-corrected chi connectivity index (χ3v) is 4.94. The van der Waals surface area contributed by atoms with Gasteiger partial charge >= 0.3 is 0 Å². The monoisotopic (exact) mass is 246 g/mol. The van der Waals surface area contributed by atoms with Crippen molar-refractivity contribution in [1.29, 1.82) is 0 Å². The van der Waals surface area contributed by atoms with Crippen LogP contribution < -0.4 is 0 Å². The van der Waals surface area contributed by atoms with E-state index in [1.807, 2.05) is 36.4 Å². The molecule has 0 saturated heterocycles. The summed E-state index contributed by atoms with van der Waals surface area (Å²) in [4.78, 5) is 0.372. The van der Waals surface area contributed by atoms with Crippen molar-refractivity contribution in [3.63, 3.8) is 0 Å². The van der Waals surface area contributed by atoms with Crippen molar-refractivity contribution in [2.75, 3.05) is 0 Å². The molecule has 2 nitrogen and oxygen atoms in total. The second-order valence-electron chi connectivity index (χ2n) is 3.91. The standard InChI is InChI=1S/C14H14O2S/c1-12(13-8-4-2-5-9-13)17(15,16)14-10-6-3-7-11-14/h2-12H,1H3/t12-/m1/s1. The number of rotatable bonds is 3. The average molecular weight is 246 g/mol. The molecule has 0 aliphatic heterocycles. The molecule has 0 aromatic heterocycles. The van der Waals surface area contributed by atoms with Crippen molar-refractivity contribution in [3.8, 4) is 0 Å². The lowest BCUT2D eigenvalue weighted by Crippen LogP contribution is -2.10. The van der Waals surface area contributed by atoms with Gasteiger partial charge in [0.15, 0.2) is 9.84 Å². The zero-order valence-corrected chi connectivity index (χ0v) is 10.4. The van der Waals surface area contributed by atoms with E-state index in [0.717, 1.165) is 5.56 Å². The number of hydrogen-bond acceptors (Lipinski definition) is 2. The van der Waals surface area contributed by atoms with Crippen LogP contribution in [0.15, 0.2) is 65.6 Å². The van der Waals surface area contributed by atoms with Crippen LogP contribution in [-0.2, 0) is 9.84 Å². The van der Waals surface area contributed by atoms with Gasteiger partial charge in [-0.15, -0.1) is 0 Å². The fraction of sp³-hybridized carbons (Fsp3) is 0.143. The van der Waals surface area contributed by atoms with Gasteiger partial charge in [-0.1, -0.05) is 48.5 Å². The first-order chi connectivity index (χ1) is 8.12. The Morgan fingerprint density at radius 3 is 1.82 bits per heavy atom. The van der Waals surface area contributed by atoms with Gasteiger partial charge in [-0.05, 0) is 24.6 Å². The SMILES string of the molecule is C[C@H](c1ccccc1)S(=O)(=O)c1ccccc1. The summed E-state index contributed by atoms with van der Waals surface area (Å²) in [7, 11) is -3.29. The van der Waals surface area contributed by atoms with E-state index in [0.29, 0.717) is 4.90 Å². The van der Waals surface area contributed by atoms with Crippen LogP contribution in [0.1, 0.15) is 17.7 Å². The van der Waals surface area contributed by atoms with Crippen LogP contribution in [0.3, 0.4) is 0 Å². The topological polar surface area (TPSA) is 34.1 Å². The lowest BCUT2D eigenvalue weighted by Gasteiger charge is -2.13. The Bertz CT molecular complexity index is 574. The van der Waals surface area contributed by atoms with E-state index >= 15 is 0 Å². The molecule has 0 unspecified atom stereocenters. The van der Waals surface area contributed by atoms with Crippen molar-refractivity contribution < 1.29 is 8.42 Å². The third kappa shape index (κ3) is 2.39. The lowest BCUT2D eigenvalue weighted by molar-refractivity contribution is 0.586. The van der Waals surface area contributed by atoms with Crippen molar-refractivity contribution in [1.82, 2.24) is 0 Å². The summed E-state index contributed by atoms with van der Waals surface area (Å²) in [5, 5.41) is -0.522. The summed E-state index contributed by atoms with van der Waals surface area (Å²) in [6.07, 6.45) is 0. The molecule has 0 aliphatic carbocycles. The molecule has 0 radical (unpaired) electrons. The first-order valence-corrected chi connectivity index (χ1v) is 7.01. The summed E-state index contributed by atoms with van der Waals surface area (Å²) < 4.78 is 24.7. The van der Waals surface area contributed by atoms with Gasteiger partial charge in [0.05, 0.1) is 10.1 Å². The predicted octanol–water partition coefficient (Wildman–Crippen LogP) is 3.22. The van der Waals surface area contributed by atoms with Gasteiger partial charge in [0.2, 0.25) is 0 Å². The van der Waals surface area contributed by atoms with Crippen LogP contribution in [-0.4, -0.2) is 8.42 Å². The molecule has 1 atom stereocenters. The summed E-state index contributed by atoms with van der Waals surface area (Å²) in [6, 6.07) is 17.8. The minimum absolute atomic E-state index is 0.372. The van der Waals surface area contributed by atoms with Gasteiger partial charge in [-0.25, -0.2) is 8.42 Å². The average Bonchev–Trinajstić information content (AvgIpc) is 2.40. The maximum atomic E-state index is 12.3. The molecule has 0 aliphatic rings. The van der Waals surface area contributed by atoms with E-state index in [1.54, 1.807) is 31.2 Å². The molecule has 0 amide bonds. The summed E-state index contributed by atoms with van der Waals surface area (Å²) in [6.45, 7) is 1.72. The minimum atomic E-state index is -3.29. The molecule has 0 bridgehead atoms. The van der Waals surface area contributed by atoms with E-state index in [-0.39, 0.29) is 0 Å². The van der Waals surface area contributed by atoms with Gasteiger partial charge in [0.25, 0.3) is 0 Å². The van der Waals surface area contributed by atoms with Gasteiger partial charge in [-0.2, -0.15) is 0 Å². The normalized spacial score (nSPS) is 13.2. The number of hydrogen-bond donors (Lipinski definition) is 0. The highest BCUT2D eigenvalue weighted by Gasteiger charge is 2.24. The van der Waals surface area contributed by atoms with E-state index in [1.165, 1.54) is 0 Å². The predicted molar refractivity (Wildman–Crippen MR) is 68.5 cm³/mol. The van der Waals surface area contributed by atoms with Crippen molar-refractivity contribution in [2.45, 2.75) is 17.1 Å². The Morgan fingerprint density at radius 1 is 0.824 bits per heavy atom. The molecule has 0 fully saturated rings. The van der Waals surface area contributed by atoms with E-state index in [9.17, 15) is 8.42 Å². The third-order valence-electron chi connectivity index (χ3n) is 2.81. The first-order valence-electron chi connectivity index (χ1n) is 5.46. The van der Waals surface area contributed by atoms with Crippen molar-refractivity contribution in [3.05, 3.63) is 66.2 Å². The Morgan fingerprint density at radius 2 is 1.29 bits per heavy atom. The fourth-order valence-electron chi connectivity index (χ4n) is 1.72. The van der Waals surface area contributed by atoms with Crippen molar-refractivity contribution >= 4 is 9.84 Å². The molecule has 2 aromatic carbocycles. The highest BCUT2D eigenvalue weighted by Crippen LogP contribution is 2.27. The number of sulfone groups is 1. The second kappa shape index (κ2) is 4.72.